The maximum atomic E-state index is 12.4. The van der Waals surface area contributed by atoms with Crippen LogP contribution in [-0.4, -0.2) is 89.3 Å². The number of carbonyl (C=O) groups excluding carboxylic acids is 1. The summed E-state index contributed by atoms with van der Waals surface area (Å²) in [5, 5.41) is 17.7. The van der Waals surface area contributed by atoms with Crippen LogP contribution in [0, 0.1) is 11.8 Å². The van der Waals surface area contributed by atoms with Crippen LogP contribution >= 0.6 is 23.1 Å². The second kappa shape index (κ2) is 8.43. The minimum absolute atomic E-state index is 0.0803. The van der Waals surface area contributed by atoms with E-state index < -0.39 is 0 Å². The van der Waals surface area contributed by atoms with Crippen LogP contribution in [0.2, 0.25) is 0 Å². The Balaban J connectivity index is 1.49. The lowest BCUT2D eigenvalue weighted by molar-refractivity contribution is -0.127. The number of aromatic nitrogens is 2. The van der Waals surface area contributed by atoms with E-state index in [0.29, 0.717) is 34.2 Å². The number of nitrogen functional groups attached to an aromatic ring is 1. The van der Waals surface area contributed by atoms with Crippen LogP contribution < -0.4 is 5.73 Å². The van der Waals surface area contributed by atoms with Gasteiger partial charge in [0.05, 0.1) is 19.0 Å². The molecule has 1 amide bonds. The average Bonchev–Trinajstić information content (AvgIpc) is 3.19. The van der Waals surface area contributed by atoms with Crippen molar-refractivity contribution in [3.63, 3.8) is 0 Å². The summed E-state index contributed by atoms with van der Waals surface area (Å²) in [5.41, 5.74) is 5.55. The highest BCUT2D eigenvalue weighted by Gasteiger charge is 2.35. The lowest BCUT2D eigenvalue weighted by Gasteiger charge is -2.30. The fraction of sp³-hybridized carbons (Fsp3) is 0.786. The van der Waals surface area contributed by atoms with Crippen molar-refractivity contribution in [2.75, 3.05) is 64.0 Å². The van der Waals surface area contributed by atoms with Gasteiger partial charge in [-0.25, -0.2) is 0 Å². The van der Waals surface area contributed by atoms with Gasteiger partial charge in [-0.1, -0.05) is 23.1 Å². The van der Waals surface area contributed by atoms with E-state index in [4.69, 9.17) is 10.5 Å². The standard InChI is InChI=1S/C14H23N5O3S2/c15-13-16-17-14(24-13)23-9-12(21)19-6-10(11(7-19)8-20)5-18-1-3-22-4-2-18/h10-11,20H,1-9H2,(H2,15,16)/t10-,11-/m1/s1. The highest BCUT2D eigenvalue weighted by atomic mass is 32.2. The van der Waals surface area contributed by atoms with E-state index in [-0.39, 0.29) is 18.4 Å². The van der Waals surface area contributed by atoms with E-state index in [2.05, 4.69) is 15.1 Å². The molecule has 0 spiro atoms. The lowest BCUT2D eigenvalue weighted by atomic mass is 9.96. The molecule has 2 atom stereocenters. The molecule has 3 rings (SSSR count). The SMILES string of the molecule is Nc1nnc(SCC(=O)N2C[C@@H](CN3CCOCC3)[C@@H](CO)C2)s1. The predicted octanol–water partition coefficient (Wildman–Crippen LogP) is -0.388. The third-order valence-electron chi connectivity index (χ3n) is 4.50. The summed E-state index contributed by atoms with van der Waals surface area (Å²) in [6.45, 7) is 5.76. The summed E-state index contributed by atoms with van der Waals surface area (Å²) < 4.78 is 6.09. The van der Waals surface area contributed by atoms with Crippen molar-refractivity contribution in [2.24, 2.45) is 11.8 Å². The van der Waals surface area contributed by atoms with Crippen LogP contribution in [0.15, 0.2) is 4.34 Å². The molecule has 2 aliphatic heterocycles. The number of aliphatic hydroxyl groups excluding tert-OH is 1. The Morgan fingerprint density at radius 1 is 1.33 bits per heavy atom. The molecule has 10 heteroatoms. The number of morpholine rings is 1. The molecule has 0 aromatic carbocycles. The van der Waals surface area contributed by atoms with Gasteiger partial charge in [-0.15, -0.1) is 10.2 Å². The average molecular weight is 374 g/mol. The molecule has 0 unspecified atom stereocenters. The summed E-state index contributed by atoms with van der Waals surface area (Å²) in [6.07, 6.45) is 0. The van der Waals surface area contributed by atoms with Gasteiger partial charge in [0.1, 0.15) is 0 Å². The quantitative estimate of drug-likeness (QED) is 0.650. The number of aliphatic hydroxyl groups is 1. The van der Waals surface area contributed by atoms with Gasteiger partial charge in [-0.2, -0.15) is 0 Å². The molecule has 1 aromatic rings. The second-order valence-electron chi connectivity index (χ2n) is 6.11. The molecule has 134 valence electrons. The Labute approximate surface area is 149 Å². The molecule has 3 heterocycles. The van der Waals surface area contributed by atoms with Gasteiger partial charge in [0.25, 0.3) is 0 Å². The zero-order valence-corrected chi connectivity index (χ0v) is 15.1. The monoisotopic (exact) mass is 373 g/mol. The number of rotatable bonds is 6. The Bertz CT molecular complexity index is 552. The van der Waals surface area contributed by atoms with Crippen LogP contribution in [0.1, 0.15) is 0 Å². The molecule has 0 aliphatic carbocycles. The molecule has 2 saturated heterocycles. The first-order chi connectivity index (χ1) is 11.7. The highest BCUT2D eigenvalue weighted by Crippen LogP contribution is 2.27. The number of nitrogens with zero attached hydrogens (tertiary/aromatic N) is 4. The highest BCUT2D eigenvalue weighted by molar-refractivity contribution is 8.01. The smallest absolute Gasteiger partial charge is 0.233 e. The van der Waals surface area contributed by atoms with Crippen LogP contribution in [0.3, 0.4) is 0 Å². The third-order valence-corrected chi connectivity index (χ3v) is 6.37. The predicted molar refractivity (Wildman–Crippen MR) is 93.0 cm³/mol. The molecule has 3 N–H and O–H groups in total. The molecule has 2 aliphatic rings. The van der Waals surface area contributed by atoms with Gasteiger partial charge in [0, 0.05) is 45.2 Å². The van der Waals surface area contributed by atoms with Gasteiger partial charge in [0.2, 0.25) is 11.0 Å². The third kappa shape index (κ3) is 4.57. The molecular weight excluding hydrogens is 350 g/mol. The molecular formula is C14H23N5O3S2. The van der Waals surface area contributed by atoms with E-state index in [1.165, 1.54) is 23.1 Å². The number of nitrogens with two attached hydrogens (primary N) is 1. The largest absolute Gasteiger partial charge is 0.396 e. The van der Waals surface area contributed by atoms with E-state index in [9.17, 15) is 9.90 Å². The molecule has 2 fully saturated rings. The minimum atomic E-state index is 0.0803. The Morgan fingerprint density at radius 3 is 2.75 bits per heavy atom. The summed E-state index contributed by atoms with van der Waals surface area (Å²) in [5.74, 6) is 0.881. The number of hydrogen-bond acceptors (Lipinski definition) is 9. The summed E-state index contributed by atoms with van der Waals surface area (Å²) in [7, 11) is 0. The zero-order chi connectivity index (χ0) is 16.9. The Hall–Kier alpha value is -0.940. The van der Waals surface area contributed by atoms with Crippen molar-refractivity contribution in [3.05, 3.63) is 0 Å². The van der Waals surface area contributed by atoms with Crippen molar-refractivity contribution in [2.45, 2.75) is 4.34 Å². The first-order valence-electron chi connectivity index (χ1n) is 8.06. The molecule has 0 saturated carbocycles. The van der Waals surface area contributed by atoms with Crippen LogP contribution in [0.4, 0.5) is 5.13 Å². The minimum Gasteiger partial charge on any atom is -0.396 e. The number of likely N-dealkylation sites (tertiary alicyclic amines) is 1. The van der Waals surface area contributed by atoms with E-state index in [1.807, 2.05) is 4.90 Å². The zero-order valence-electron chi connectivity index (χ0n) is 13.5. The Morgan fingerprint density at radius 2 is 2.08 bits per heavy atom. The van der Waals surface area contributed by atoms with Crippen LogP contribution in [-0.2, 0) is 9.53 Å². The van der Waals surface area contributed by atoms with Crippen molar-refractivity contribution in [1.82, 2.24) is 20.0 Å². The fourth-order valence-corrected chi connectivity index (χ4v) is 4.70. The van der Waals surface area contributed by atoms with Crippen molar-refractivity contribution < 1.29 is 14.6 Å². The summed E-state index contributed by atoms with van der Waals surface area (Å²) >= 11 is 2.66. The van der Waals surface area contributed by atoms with Crippen molar-refractivity contribution >= 4 is 34.1 Å². The first kappa shape index (κ1) is 17.9. The fourth-order valence-electron chi connectivity index (χ4n) is 3.16. The van der Waals surface area contributed by atoms with Gasteiger partial charge in [0.15, 0.2) is 4.34 Å². The van der Waals surface area contributed by atoms with Gasteiger partial charge >= 0.3 is 0 Å². The van der Waals surface area contributed by atoms with Gasteiger partial charge in [-0.3, -0.25) is 9.69 Å². The number of amides is 1. The molecule has 0 radical (unpaired) electrons. The van der Waals surface area contributed by atoms with Gasteiger partial charge in [-0.05, 0) is 5.92 Å². The topological polar surface area (TPSA) is 105 Å². The molecule has 24 heavy (non-hydrogen) atoms. The maximum absolute atomic E-state index is 12.4. The summed E-state index contributed by atoms with van der Waals surface area (Å²) in [6, 6.07) is 0. The maximum Gasteiger partial charge on any atom is 0.233 e. The Kier molecular flexibility index (Phi) is 6.28. The first-order valence-corrected chi connectivity index (χ1v) is 9.86. The van der Waals surface area contributed by atoms with Crippen LogP contribution in [0.25, 0.3) is 0 Å². The van der Waals surface area contributed by atoms with Crippen molar-refractivity contribution in [1.29, 1.82) is 0 Å². The number of ether oxygens (including phenoxy) is 1. The van der Waals surface area contributed by atoms with Crippen LogP contribution in [0.5, 0.6) is 0 Å². The van der Waals surface area contributed by atoms with Crippen molar-refractivity contribution in [3.8, 4) is 0 Å². The van der Waals surface area contributed by atoms with Gasteiger partial charge < -0.3 is 20.5 Å². The molecule has 8 nitrogen and oxygen atoms in total. The van der Waals surface area contributed by atoms with E-state index in [0.717, 1.165) is 32.8 Å². The number of carbonyl (C=O) groups is 1. The lowest BCUT2D eigenvalue weighted by Crippen LogP contribution is -2.41. The number of hydrogen-bond donors (Lipinski definition) is 2. The normalized spacial score (nSPS) is 25.3. The number of anilines is 1. The number of thioether (sulfide) groups is 1. The van der Waals surface area contributed by atoms with E-state index >= 15 is 0 Å². The molecule has 1 aromatic heterocycles. The second-order valence-corrected chi connectivity index (χ2v) is 8.34. The summed E-state index contributed by atoms with van der Waals surface area (Å²) in [4.78, 5) is 16.7. The van der Waals surface area contributed by atoms with E-state index in [1.54, 1.807) is 0 Å². The molecule has 0 bridgehead atoms.